The van der Waals surface area contributed by atoms with Gasteiger partial charge in [-0.05, 0) is 29.3 Å². The standard InChI is InChI=1S/C10H13BS/c1-6-5-8(7(6)2)9-3-4-10(11)12-9/h3,5,7-8,10H,4H2,1-2H3. The summed E-state index contributed by atoms with van der Waals surface area (Å²) in [5.74, 6) is 1.43. The molecule has 2 radical (unpaired) electrons. The molecular weight excluding hydrogens is 163 g/mol. The Morgan fingerprint density at radius 2 is 2.33 bits per heavy atom. The summed E-state index contributed by atoms with van der Waals surface area (Å²) in [7, 11) is 5.81. The van der Waals surface area contributed by atoms with Gasteiger partial charge < -0.3 is 0 Å². The molecule has 1 aliphatic heterocycles. The fourth-order valence-electron chi connectivity index (χ4n) is 1.79. The highest BCUT2D eigenvalue weighted by molar-refractivity contribution is 8.04. The Hall–Kier alpha value is -0.105. The van der Waals surface area contributed by atoms with Gasteiger partial charge in [0.1, 0.15) is 0 Å². The quantitative estimate of drug-likeness (QED) is 0.437. The minimum Gasteiger partial charge on any atom is -0.136 e. The second-order valence-corrected chi connectivity index (χ2v) is 5.04. The smallest absolute Gasteiger partial charge is 0.0855 e. The van der Waals surface area contributed by atoms with Crippen LogP contribution in [0.1, 0.15) is 20.3 Å². The van der Waals surface area contributed by atoms with E-state index in [1.165, 1.54) is 10.5 Å². The Balaban J connectivity index is 2.05. The van der Waals surface area contributed by atoms with Gasteiger partial charge in [-0.2, -0.15) is 0 Å². The zero-order valence-electron chi connectivity index (χ0n) is 7.58. The van der Waals surface area contributed by atoms with Gasteiger partial charge in [-0.3, -0.25) is 0 Å². The van der Waals surface area contributed by atoms with Crippen LogP contribution in [0.25, 0.3) is 0 Å². The van der Waals surface area contributed by atoms with Gasteiger partial charge in [-0.25, -0.2) is 0 Å². The molecule has 0 saturated carbocycles. The number of hydrogen-bond acceptors (Lipinski definition) is 1. The topological polar surface area (TPSA) is 0 Å². The van der Waals surface area contributed by atoms with Gasteiger partial charge in [0.25, 0.3) is 0 Å². The molecule has 0 bridgehead atoms. The van der Waals surface area contributed by atoms with Crippen LogP contribution < -0.4 is 0 Å². The predicted octanol–water partition coefficient (Wildman–Crippen LogP) is 2.71. The van der Waals surface area contributed by atoms with Crippen molar-refractivity contribution in [1.29, 1.82) is 0 Å². The van der Waals surface area contributed by atoms with Gasteiger partial charge >= 0.3 is 0 Å². The Kier molecular flexibility index (Phi) is 2.11. The molecule has 2 aliphatic rings. The average molecular weight is 176 g/mol. The van der Waals surface area contributed by atoms with E-state index >= 15 is 0 Å². The predicted molar refractivity (Wildman–Crippen MR) is 56.2 cm³/mol. The summed E-state index contributed by atoms with van der Waals surface area (Å²) >= 11 is 1.85. The van der Waals surface area contributed by atoms with Crippen LogP contribution in [-0.2, 0) is 0 Å². The molecule has 2 rings (SSSR count). The number of thioether (sulfide) groups is 1. The number of hydrogen-bond donors (Lipinski definition) is 0. The summed E-state index contributed by atoms with van der Waals surface area (Å²) in [5.41, 5.74) is 1.53. The van der Waals surface area contributed by atoms with E-state index in [-0.39, 0.29) is 0 Å². The zero-order chi connectivity index (χ0) is 8.72. The molecule has 0 aromatic rings. The molecule has 0 spiro atoms. The van der Waals surface area contributed by atoms with Gasteiger partial charge in [0.2, 0.25) is 0 Å². The molecule has 0 nitrogen and oxygen atoms in total. The highest BCUT2D eigenvalue weighted by atomic mass is 32.2. The Labute approximate surface area is 79.9 Å². The molecule has 3 atom stereocenters. The van der Waals surface area contributed by atoms with Crippen LogP contribution in [0.4, 0.5) is 0 Å². The summed E-state index contributed by atoms with van der Waals surface area (Å²) in [4.78, 5) is 1.50. The highest BCUT2D eigenvalue weighted by Gasteiger charge is 2.31. The van der Waals surface area contributed by atoms with Crippen LogP contribution in [0.5, 0.6) is 0 Å². The third kappa shape index (κ3) is 1.26. The van der Waals surface area contributed by atoms with Gasteiger partial charge in [-0.1, -0.05) is 24.6 Å². The van der Waals surface area contributed by atoms with Crippen LogP contribution in [0, 0.1) is 11.8 Å². The van der Waals surface area contributed by atoms with E-state index in [1.807, 2.05) is 11.8 Å². The van der Waals surface area contributed by atoms with Crippen LogP contribution >= 0.6 is 11.8 Å². The molecule has 0 saturated heterocycles. The summed E-state index contributed by atoms with van der Waals surface area (Å²) in [5, 5.41) is 0.321. The Morgan fingerprint density at radius 1 is 1.58 bits per heavy atom. The molecule has 0 amide bonds. The van der Waals surface area contributed by atoms with Crippen molar-refractivity contribution >= 4 is 19.6 Å². The molecule has 3 unspecified atom stereocenters. The molecule has 0 aromatic carbocycles. The Bertz CT molecular complexity index is 255. The minimum absolute atomic E-state index is 0.321. The maximum Gasteiger partial charge on any atom is 0.0855 e. The van der Waals surface area contributed by atoms with E-state index in [2.05, 4.69) is 26.0 Å². The van der Waals surface area contributed by atoms with Crippen LogP contribution in [0.15, 0.2) is 22.6 Å². The summed E-state index contributed by atoms with van der Waals surface area (Å²) < 4.78 is 0. The molecule has 1 aliphatic carbocycles. The Morgan fingerprint density at radius 3 is 2.75 bits per heavy atom. The van der Waals surface area contributed by atoms with Crippen LogP contribution in [-0.4, -0.2) is 13.0 Å². The van der Waals surface area contributed by atoms with E-state index < -0.39 is 0 Å². The second-order valence-electron chi connectivity index (χ2n) is 3.72. The molecule has 12 heavy (non-hydrogen) atoms. The molecule has 2 heteroatoms. The normalized spacial score (nSPS) is 40.3. The fraction of sp³-hybridized carbons (Fsp3) is 0.600. The molecular formula is C10H13BS. The van der Waals surface area contributed by atoms with Crippen molar-refractivity contribution in [2.45, 2.75) is 25.4 Å². The molecule has 0 fully saturated rings. The average Bonchev–Trinajstić information content (AvgIpc) is 2.46. The van der Waals surface area contributed by atoms with Gasteiger partial charge in [-0.15, -0.1) is 11.8 Å². The first-order valence-corrected chi connectivity index (χ1v) is 5.37. The maximum atomic E-state index is 5.81. The molecule has 62 valence electrons. The molecule has 0 aromatic heterocycles. The van der Waals surface area contributed by atoms with E-state index in [4.69, 9.17) is 7.85 Å². The van der Waals surface area contributed by atoms with E-state index in [9.17, 15) is 0 Å². The first-order chi connectivity index (χ1) is 5.68. The SMILES string of the molecule is [B]C1CC=C(C2C=C(C)C2C)S1. The summed E-state index contributed by atoms with van der Waals surface area (Å²) in [6.07, 6.45) is 5.72. The first kappa shape index (κ1) is 8.49. The summed E-state index contributed by atoms with van der Waals surface area (Å²) in [6, 6.07) is 0. The van der Waals surface area contributed by atoms with E-state index in [0.717, 1.165) is 12.3 Å². The van der Waals surface area contributed by atoms with Crippen molar-refractivity contribution < 1.29 is 0 Å². The van der Waals surface area contributed by atoms with Crippen molar-refractivity contribution in [3.63, 3.8) is 0 Å². The van der Waals surface area contributed by atoms with Gasteiger partial charge in [0, 0.05) is 5.92 Å². The van der Waals surface area contributed by atoms with Crippen molar-refractivity contribution in [2.24, 2.45) is 11.8 Å². The molecule has 0 N–H and O–H groups in total. The largest absolute Gasteiger partial charge is 0.136 e. The maximum absolute atomic E-state index is 5.81. The second kappa shape index (κ2) is 2.99. The van der Waals surface area contributed by atoms with Crippen molar-refractivity contribution in [3.05, 3.63) is 22.6 Å². The minimum atomic E-state index is 0.321. The van der Waals surface area contributed by atoms with E-state index in [1.54, 1.807) is 0 Å². The van der Waals surface area contributed by atoms with E-state index in [0.29, 0.717) is 11.1 Å². The van der Waals surface area contributed by atoms with Crippen molar-refractivity contribution in [3.8, 4) is 0 Å². The fourth-order valence-corrected chi connectivity index (χ4v) is 2.95. The first-order valence-electron chi connectivity index (χ1n) is 4.49. The lowest BCUT2D eigenvalue weighted by atomic mass is 9.76. The van der Waals surface area contributed by atoms with Crippen molar-refractivity contribution in [1.82, 2.24) is 0 Å². The monoisotopic (exact) mass is 176 g/mol. The van der Waals surface area contributed by atoms with Crippen molar-refractivity contribution in [2.75, 3.05) is 0 Å². The molecule has 1 heterocycles. The highest BCUT2D eigenvalue weighted by Crippen LogP contribution is 2.46. The third-order valence-corrected chi connectivity index (χ3v) is 4.07. The lowest BCUT2D eigenvalue weighted by molar-refractivity contribution is 0.502. The van der Waals surface area contributed by atoms with Crippen LogP contribution in [0.2, 0.25) is 0 Å². The summed E-state index contributed by atoms with van der Waals surface area (Å²) in [6.45, 7) is 4.51. The number of rotatable bonds is 1. The lowest BCUT2D eigenvalue weighted by Gasteiger charge is -2.32. The lowest BCUT2D eigenvalue weighted by Crippen LogP contribution is -2.21. The number of allylic oxidation sites excluding steroid dienone is 4. The third-order valence-electron chi connectivity index (χ3n) is 2.87. The zero-order valence-corrected chi connectivity index (χ0v) is 8.40. The van der Waals surface area contributed by atoms with Gasteiger partial charge in [0.05, 0.1) is 7.85 Å². The van der Waals surface area contributed by atoms with Crippen LogP contribution in [0.3, 0.4) is 0 Å². The van der Waals surface area contributed by atoms with Gasteiger partial charge in [0.15, 0.2) is 0 Å².